The molecule has 2 aromatic rings. The summed E-state index contributed by atoms with van der Waals surface area (Å²) >= 11 is 0. The number of benzene rings is 1. The maximum absolute atomic E-state index is 12.9. The molecule has 0 amide bonds. The van der Waals surface area contributed by atoms with Gasteiger partial charge in [-0.3, -0.25) is 14.1 Å². The van der Waals surface area contributed by atoms with Gasteiger partial charge in [0.05, 0.1) is 11.3 Å². The number of rotatable bonds is 3. The quantitative estimate of drug-likeness (QED) is 0.388. The van der Waals surface area contributed by atoms with Crippen molar-refractivity contribution in [1.82, 2.24) is 4.98 Å². The first-order chi connectivity index (χ1) is 10.4. The van der Waals surface area contributed by atoms with Crippen molar-refractivity contribution in [3.63, 3.8) is 0 Å². The topological polar surface area (TPSA) is 137 Å². The van der Waals surface area contributed by atoms with E-state index in [9.17, 15) is 30.9 Å². The average Bonchev–Trinajstić information content (AvgIpc) is 2.34. The van der Waals surface area contributed by atoms with E-state index in [0.717, 1.165) is 6.07 Å². The third kappa shape index (κ3) is 3.72. The van der Waals surface area contributed by atoms with Crippen LogP contribution in [-0.4, -0.2) is 23.2 Å². The molecule has 0 saturated heterocycles. The van der Waals surface area contributed by atoms with E-state index in [1.54, 1.807) is 4.72 Å². The zero-order chi connectivity index (χ0) is 17.6. The van der Waals surface area contributed by atoms with E-state index in [4.69, 9.17) is 9.79 Å². The van der Waals surface area contributed by atoms with Crippen molar-refractivity contribution in [2.45, 2.75) is 6.18 Å². The van der Waals surface area contributed by atoms with Crippen LogP contribution in [0.3, 0.4) is 0 Å². The number of thiol groups is 1. The van der Waals surface area contributed by atoms with Gasteiger partial charge in [0.25, 0.3) is 5.56 Å². The molecule has 0 radical (unpaired) electrons. The molecule has 0 aliphatic carbocycles. The highest BCUT2D eigenvalue weighted by atomic mass is 32.2. The van der Waals surface area contributed by atoms with Crippen molar-refractivity contribution in [2.75, 3.05) is 4.72 Å². The second-order valence-electron chi connectivity index (χ2n) is 4.38. The van der Waals surface area contributed by atoms with Crippen LogP contribution in [0.25, 0.3) is 10.9 Å². The summed E-state index contributed by atoms with van der Waals surface area (Å²) in [6, 6.07) is 1.90. The maximum Gasteiger partial charge on any atom is 0.418 e. The molecule has 1 aromatic carbocycles. The zero-order valence-electron chi connectivity index (χ0n) is 10.8. The number of alkyl halides is 3. The van der Waals surface area contributed by atoms with Gasteiger partial charge in [0.1, 0.15) is 5.30 Å². The van der Waals surface area contributed by atoms with E-state index < -0.39 is 46.8 Å². The van der Waals surface area contributed by atoms with Crippen LogP contribution >= 0.6 is 7.60 Å². The van der Waals surface area contributed by atoms with E-state index in [2.05, 4.69) is 0 Å². The number of pyridine rings is 1. The van der Waals surface area contributed by atoms with E-state index in [0.29, 0.717) is 12.1 Å². The first-order valence-electron chi connectivity index (χ1n) is 5.65. The molecule has 126 valence electrons. The molecule has 8 nitrogen and oxygen atoms in total. The second kappa shape index (κ2) is 5.64. The number of hydrogen-bond donors (Lipinski definition) is 5. The molecule has 0 aliphatic heterocycles. The lowest BCUT2D eigenvalue weighted by Crippen LogP contribution is -2.27. The van der Waals surface area contributed by atoms with Crippen molar-refractivity contribution in [3.8, 4) is 0 Å². The first-order valence-corrected chi connectivity index (χ1v) is 8.44. The van der Waals surface area contributed by atoms with Gasteiger partial charge in [0.2, 0.25) is 10.9 Å². The molecule has 0 bridgehead atoms. The molecule has 13 heteroatoms. The average molecular weight is 372 g/mol. The fourth-order valence-electron chi connectivity index (χ4n) is 1.89. The number of hydrogen-bond acceptors (Lipinski definition) is 4. The van der Waals surface area contributed by atoms with Gasteiger partial charge >= 0.3 is 13.8 Å². The van der Waals surface area contributed by atoms with Gasteiger partial charge in [-0.15, -0.1) is 0 Å². The van der Waals surface area contributed by atoms with Crippen LogP contribution in [0.1, 0.15) is 5.56 Å². The summed E-state index contributed by atoms with van der Waals surface area (Å²) < 4.78 is 72.9. The monoisotopic (exact) mass is 372 g/mol. The second-order valence-corrected chi connectivity index (χ2v) is 6.69. The highest BCUT2D eigenvalue weighted by molar-refractivity contribution is 7.73. The first kappa shape index (κ1) is 17.5. The fraction of sp³-hybridized carbons (Fsp3) is 0.100. The standard InChI is InChI=1S/C10H8F3N2O6PS/c11-10(12,13)5-3-6-4(1-7(5)15-23(20)21)2-8(9(16)14-6)22(17,18)19/h1-3,23H,(H,14,16)(H,15,20,21)(H2,17,18,19). The molecular weight excluding hydrogens is 364 g/mol. The third-order valence-corrected chi connectivity index (χ3v) is 4.18. The third-order valence-electron chi connectivity index (χ3n) is 2.79. The minimum Gasteiger partial charge on any atom is -0.321 e. The van der Waals surface area contributed by atoms with Gasteiger partial charge in [-0.2, -0.15) is 13.2 Å². The minimum atomic E-state index is -4.95. The van der Waals surface area contributed by atoms with Crippen molar-refractivity contribution < 1.29 is 35.9 Å². The number of anilines is 1. The van der Waals surface area contributed by atoms with Crippen LogP contribution in [0.15, 0.2) is 23.0 Å². The smallest absolute Gasteiger partial charge is 0.321 e. The van der Waals surface area contributed by atoms with E-state index in [-0.39, 0.29) is 10.9 Å². The summed E-state index contributed by atoms with van der Waals surface area (Å²) in [4.78, 5) is 31.5. The Morgan fingerprint density at radius 2 is 1.78 bits per heavy atom. The molecule has 0 aliphatic rings. The fourth-order valence-corrected chi connectivity index (χ4v) is 2.89. The Labute approximate surface area is 127 Å². The van der Waals surface area contributed by atoms with Gasteiger partial charge in [0.15, 0.2) is 0 Å². The number of fused-ring (bicyclic) bond motifs is 1. The largest absolute Gasteiger partial charge is 0.418 e. The van der Waals surface area contributed by atoms with Crippen molar-refractivity contribution >= 4 is 40.4 Å². The van der Waals surface area contributed by atoms with Gasteiger partial charge in [0, 0.05) is 10.9 Å². The lowest BCUT2D eigenvalue weighted by Gasteiger charge is -2.14. The zero-order valence-corrected chi connectivity index (χ0v) is 12.6. The molecule has 23 heavy (non-hydrogen) atoms. The molecule has 0 fully saturated rings. The SMILES string of the molecule is O=c1[nH]c2cc(C(F)(F)F)c(N[SH](=O)=O)cc2cc1P(=O)(O)O. The van der Waals surface area contributed by atoms with E-state index in [1.165, 1.54) is 0 Å². The van der Waals surface area contributed by atoms with Gasteiger partial charge in [-0.05, 0) is 18.2 Å². The van der Waals surface area contributed by atoms with Crippen LogP contribution in [0.2, 0.25) is 0 Å². The Bertz CT molecular complexity index is 953. The molecular formula is C10H8F3N2O6PS. The Morgan fingerprint density at radius 3 is 2.26 bits per heavy atom. The highest BCUT2D eigenvalue weighted by Crippen LogP contribution is 2.38. The molecule has 1 heterocycles. The van der Waals surface area contributed by atoms with Gasteiger partial charge in [-0.25, -0.2) is 8.42 Å². The summed E-state index contributed by atoms with van der Waals surface area (Å²) in [7, 11) is -8.36. The van der Waals surface area contributed by atoms with Gasteiger partial charge < -0.3 is 14.8 Å². The van der Waals surface area contributed by atoms with Crippen LogP contribution in [-0.2, 0) is 21.6 Å². The summed E-state index contributed by atoms with van der Waals surface area (Å²) in [5.41, 5.74) is -3.78. The van der Waals surface area contributed by atoms with Crippen molar-refractivity contribution in [3.05, 3.63) is 34.1 Å². The normalized spacial score (nSPS) is 12.8. The van der Waals surface area contributed by atoms with Crippen LogP contribution in [0.5, 0.6) is 0 Å². The predicted octanol–water partition coefficient (Wildman–Crippen LogP) is 0.288. The minimum absolute atomic E-state index is 0.185. The number of H-pyrrole nitrogens is 1. The number of halogens is 3. The molecule has 1 aromatic heterocycles. The molecule has 4 N–H and O–H groups in total. The predicted molar refractivity (Wildman–Crippen MR) is 75.2 cm³/mol. The molecule has 0 spiro atoms. The summed E-state index contributed by atoms with van der Waals surface area (Å²) in [5, 5.41) is -1.13. The molecule has 2 rings (SSSR count). The Morgan fingerprint density at radius 1 is 1.17 bits per heavy atom. The Balaban J connectivity index is 2.85. The van der Waals surface area contributed by atoms with E-state index >= 15 is 0 Å². The van der Waals surface area contributed by atoms with Crippen LogP contribution in [0, 0.1) is 0 Å². The molecule has 0 saturated carbocycles. The summed E-state index contributed by atoms with van der Waals surface area (Å²) in [6.07, 6.45) is -4.92. The summed E-state index contributed by atoms with van der Waals surface area (Å²) in [6.45, 7) is 0. The lowest BCUT2D eigenvalue weighted by molar-refractivity contribution is -0.136. The van der Waals surface area contributed by atoms with E-state index in [1.807, 2.05) is 4.98 Å². The molecule has 0 atom stereocenters. The Hall–Kier alpha value is -1.88. The lowest BCUT2D eigenvalue weighted by atomic mass is 10.1. The van der Waals surface area contributed by atoms with Crippen molar-refractivity contribution in [1.29, 1.82) is 0 Å². The van der Waals surface area contributed by atoms with Crippen LogP contribution < -0.4 is 15.6 Å². The number of aromatic amines is 1. The van der Waals surface area contributed by atoms with Crippen LogP contribution in [0.4, 0.5) is 18.9 Å². The highest BCUT2D eigenvalue weighted by Gasteiger charge is 2.34. The Kier molecular flexibility index (Phi) is 4.28. The number of nitrogens with one attached hydrogen (secondary N) is 2. The van der Waals surface area contributed by atoms with Crippen molar-refractivity contribution in [2.24, 2.45) is 0 Å². The number of aromatic nitrogens is 1. The maximum atomic E-state index is 12.9. The summed E-state index contributed by atoms with van der Waals surface area (Å²) in [5.74, 6) is 0. The molecule has 0 unspecified atom stereocenters. The van der Waals surface area contributed by atoms with Gasteiger partial charge in [-0.1, -0.05) is 0 Å².